The summed E-state index contributed by atoms with van der Waals surface area (Å²) in [4.78, 5) is 23.2. The second-order valence-corrected chi connectivity index (χ2v) is 5.09. The predicted octanol–water partition coefficient (Wildman–Crippen LogP) is 3.26. The molecule has 1 heterocycles. The van der Waals surface area contributed by atoms with Gasteiger partial charge in [-0.25, -0.2) is 0 Å². The third kappa shape index (κ3) is 5.25. The molecule has 118 valence electrons. The van der Waals surface area contributed by atoms with Crippen LogP contribution in [0, 0.1) is 0 Å². The molecule has 0 aliphatic heterocycles. The summed E-state index contributed by atoms with van der Waals surface area (Å²) in [7, 11) is 1.29. The van der Waals surface area contributed by atoms with Crippen LogP contribution in [0.4, 0.5) is 0 Å². The number of carbonyl (C=O) groups excluding carboxylic acids is 2. The van der Waals surface area contributed by atoms with Gasteiger partial charge in [-0.3, -0.25) is 9.59 Å². The Balaban J connectivity index is 2.77. The minimum absolute atomic E-state index is 0.132. The minimum Gasteiger partial charge on any atom is -0.468 e. The molecule has 0 aliphatic rings. The molecule has 1 amide bonds. The number of rotatable bonds is 9. The maximum absolute atomic E-state index is 12.2. The largest absolute Gasteiger partial charge is 0.468 e. The van der Waals surface area contributed by atoms with Gasteiger partial charge < -0.3 is 14.5 Å². The van der Waals surface area contributed by atoms with Crippen molar-refractivity contribution >= 4 is 11.9 Å². The van der Waals surface area contributed by atoms with E-state index < -0.39 is 5.97 Å². The molecule has 0 radical (unpaired) electrons. The van der Waals surface area contributed by atoms with E-state index in [1.165, 1.54) is 13.4 Å². The molecule has 5 nitrogen and oxygen atoms in total. The zero-order chi connectivity index (χ0) is 15.7. The standard InChI is InChI=1S/C16H25NO4/c1-4-6-8-12(7-5-2)15-13(9-10-21-15)16(19)17-11-14(18)20-3/h9-10,12H,4-8,11H2,1-3H3,(H,17,19). The van der Waals surface area contributed by atoms with Gasteiger partial charge in [-0.2, -0.15) is 0 Å². The average molecular weight is 295 g/mol. The molecule has 0 bridgehead atoms. The van der Waals surface area contributed by atoms with Gasteiger partial charge in [0.2, 0.25) is 0 Å². The Morgan fingerprint density at radius 2 is 2.05 bits per heavy atom. The van der Waals surface area contributed by atoms with Gasteiger partial charge in [0, 0.05) is 5.92 Å². The summed E-state index contributed by atoms with van der Waals surface area (Å²) in [6.07, 6.45) is 6.80. The van der Waals surface area contributed by atoms with Crippen molar-refractivity contribution in [3.05, 3.63) is 23.7 Å². The van der Waals surface area contributed by atoms with E-state index >= 15 is 0 Å². The molecule has 1 atom stereocenters. The fraction of sp³-hybridized carbons (Fsp3) is 0.625. The molecular weight excluding hydrogens is 270 g/mol. The van der Waals surface area contributed by atoms with Gasteiger partial charge in [0.1, 0.15) is 12.3 Å². The number of hydrogen-bond donors (Lipinski definition) is 1. The van der Waals surface area contributed by atoms with Crippen LogP contribution in [0.3, 0.4) is 0 Å². The van der Waals surface area contributed by atoms with Gasteiger partial charge in [0.25, 0.3) is 5.91 Å². The lowest BCUT2D eigenvalue weighted by atomic mass is 9.92. The molecule has 1 aromatic rings. The van der Waals surface area contributed by atoms with Crippen LogP contribution in [0.1, 0.15) is 68.0 Å². The quantitative estimate of drug-likeness (QED) is 0.710. The first-order valence-corrected chi connectivity index (χ1v) is 7.56. The van der Waals surface area contributed by atoms with Gasteiger partial charge in [-0.1, -0.05) is 33.1 Å². The van der Waals surface area contributed by atoms with Crippen LogP contribution in [-0.4, -0.2) is 25.5 Å². The molecule has 0 aliphatic carbocycles. The number of furan rings is 1. The maximum atomic E-state index is 12.2. The molecule has 0 aromatic carbocycles. The van der Waals surface area contributed by atoms with E-state index in [0.29, 0.717) is 5.56 Å². The molecule has 21 heavy (non-hydrogen) atoms. The van der Waals surface area contributed by atoms with Crippen molar-refractivity contribution < 1.29 is 18.7 Å². The van der Waals surface area contributed by atoms with Crippen LogP contribution in [0.2, 0.25) is 0 Å². The molecule has 1 N–H and O–H groups in total. The van der Waals surface area contributed by atoms with Crippen molar-refractivity contribution in [3.8, 4) is 0 Å². The summed E-state index contributed by atoms with van der Waals surface area (Å²) < 4.78 is 10.1. The van der Waals surface area contributed by atoms with Crippen molar-refractivity contribution in [2.75, 3.05) is 13.7 Å². The highest BCUT2D eigenvalue weighted by Crippen LogP contribution is 2.30. The van der Waals surface area contributed by atoms with Crippen LogP contribution < -0.4 is 5.32 Å². The van der Waals surface area contributed by atoms with Gasteiger partial charge in [0.05, 0.1) is 18.9 Å². The molecular formula is C16H25NO4. The third-order valence-electron chi connectivity index (χ3n) is 3.47. The van der Waals surface area contributed by atoms with Crippen LogP contribution in [0.5, 0.6) is 0 Å². The molecule has 0 saturated carbocycles. The lowest BCUT2D eigenvalue weighted by molar-refractivity contribution is -0.139. The number of hydrogen-bond acceptors (Lipinski definition) is 4. The molecule has 1 rings (SSSR count). The first kappa shape index (κ1) is 17.3. The number of methoxy groups -OCH3 is 1. The second kappa shape index (κ2) is 9.21. The Morgan fingerprint density at radius 3 is 2.67 bits per heavy atom. The number of ether oxygens (including phenoxy) is 1. The lowest BCUT2D eigenvalue weighted by Gasteiger charge is -2.15. The lowest BCUT2D eigenvalue weighted by Crippen LogP contribution is -2.30. The van der Waals surface area contributed by atoms with Gasteiger partial charge in [0.15, 0.2) is 0 Å². The van der Waals surface area contributed by atoms with Gasteiger partial charge >= 0.3 is 5.97 Å². The van der Waals surface area contributed by atoms with E-state index in [9.17, 15) is 9.59 Å². The monoisotopic (exact) mass is 295 g/mol. The Morgan fingerprint density at radius 1 is 1.29 bits per heavy atom. The van der Waals surface area contributed by atoms with Crippen LogP contribution >= 0.6 is 0 Å². The fourth-order valence-corrected chi connectivity index (χ4v) is 2.35. The number of esters is 1. The number of nitrogens with one attached hydrogen (secondary N) is 1. The summed E-state index contributed by atoms with van der Waals surface area (Å²) in [5, 5.41) is 2.56. The van der Waals surface area contributed by atoms with Crippen LogP contribution in [0.15, 0.2) is 16.7 Å². The summed E-state index contributed by atoms with van der Waals surface area (Å²) in [5.74, 6) is 0.225. The Labute approximate surface area is 126 Å². The first-order chi connectivity index (χ1) is 10.1. The van der Waals surface area contributed by atoms with Crippen molar-refractivity contribution in [2.45, 2.75) is 51.9 Å². The summed E-state index contributed by atoms with van der Waals surface area (Å²) in [6.45, 7) is 4.14. The fourth-order valence-electron chi connectivity index (χ4n) is 2.35. The molecule has 0 spiro atoms. The van der Waals surface area contributed by atoms with E-state index in [-0.39, 0.29) is 18.4 Å². The number of carbonyl (C=O) groups is 2. The van der Waals surface area contributed by atoms with E-state index in [0.717, 1.165) is 37.9 Å². The van der Waals surface area contributed by atoms with Crippen molar-refractivity contribution in [1.82, 2.24) is 5.32 Å². The van der Waals surface area contributed by atoms with Crippen LogP contribution in [-0.2, 0) is 9.53 Å². The van der Waals surface area contributed by atoms with Crippen molar-refractivity contribution in [2.24, 2.45) is 0 Å². The zero-order valence-corrected chi connectivity index (χ0v) is 13.1. The topological polar surface area (TPSA) is 68.5 Å². The van der Waals surface area contributed by atoms with Crippen molar-refractivity contribution in [1.29, 1.82) is 0 Å². The van der Waals surface area contributed by atoms with Gasteiger partial charge in [-0.05, 0) is 18.9 Å². The SMILES string of the molecule is CCCCC(CCC)c1occc1C(=O)NCC(=O)OC. The highest BCUT2D eigenvalue weighted by atomic mass is 16.5. The Bertz CT molecular complexity index is 453. The maximum Gasteiger partial charge on any atom is 0.325 e. The van der Waals surface area contributed by atoms with Crippen LogP contribution in [0.25, 0.3) is 0 Å². The third-order valence-corrected chi connectivity index (χ3v) is 3.47. The normalized spacial score (nSPS) is 12.0. The highest BCUT2D eigenvalue weighted by Gasteiger charge is 2.22. The minimum atomic E-state index is -0.468. The molecule has 0 fully saturated rings. The number of amides is 1. The predicted molar refractivity (Wildman–Crippen MR) is 80.2 cm³/mol. The summed E-state index contributed by atoms with van der Waals surface area (Å²) >= 11 is 0. The Hall–Kier alpha value is -1.78. The van der Waals surface area contributed by atoms with Crippen molar-refractivity contribution in [3.63, 3.8) is 0 Å². The molecule has 5 heteroatoms. The Kier molecular flexibility index (Phi) is 7.58. The average Bonchev–Trinajstić information content (AvgIpc) is 2.98. The van der Waals surface area contributed by atoms with E-state index in [4.69, 9.17) is 4.42 Å². The summed E-state index contributed by atoms with van der Waals surface area (Å²) in [6, 6.07) is 1.66. The smallest absolute Gasteiger partial charge is 0.325 e. The summed E-state index contributed by atoms with van der Waals surface area (Å²) in [5.41, 5.74) is 0.522. The zero-order valence-electron chi connectivity index (χ0n) is 13.1. The van der Waals surface area contributed by atoms with E-state index in [1.807, 2.05) is 0 Å². The second-order valence-electron chi connectivity index (χ2n) is 5.09. The first-order valence-electron chi connectivity index (χ1n) is 7.56. The molecule has 0 saturated heterocycles. The van der Waals surface area contributed by atoms with E-state index in [2.05, 4.69) is 23.9 Å². The van der Waals surface area contributed by atoms with E-state index in [1.54, 1.807) is 6.07 Å². The highest BCUT2D eigenvalue weighted by molar-refractivity contribution is 5.96. The molecule has 1 aromatic heterocycles. The number of unbranched alkanes of at least 4 members (excludes halogenated alkanes) is 1. The van der Waals surface area contributed by atoms with Gasteiger partial charge in [-0.15, -0.1) is 0 Å². The molecule has 1 unspecified atom stereocenters.